The number of likely N-dealkylation sites (tertiary alicyclic amines) is 2. The standard InChI is InChI=1S/C33H40N2O4/c1-25(35-22-18-33(38,19-23-35)29-8-4-2-5-9-29)31(36)27-14-16-30(17-15-27)39-32(37)28-12-10-26(11-13-28)24-34-20-6-3-7-21-34/h2,4-5,8-17,25,31,36,38H,3,6-7,18-24H2,1H3/t25-,31+/m0/s1. The van der Waals surface area contributed by atoms with Crippen LogP contribution in [0.4, 0.5) is 0 Å². The average molecular weight is 529 g/mol. The number of ether oxygens (including phenoxy) is 1. The Morgan fingerprint density at radius 3 is 2.15 bits per heavy atom. The molecule has 0 unspecified atom stereocenters. The van der Waals surface area contributed by atoms with Crippen molar-refractivity contribution in [1.29, 1.82) is 0 Å². The molecule has 0 bridgehead atoms. The summed E-state index contributed by atoms with van der Waals surface area (Å²) in [5.74, 6) is 0.0623. The summed E-state index contributed by atoms with van der Waals surface area (Å²) in [6.45, 7) is 6.63. The molecule has 3 aromatic rings. The van der Waals surface area contributed by atoms with Gasteiger partial charge >= 0.3 is 5.97 Å². The number of hydrogen-bond donors (Lipinski definition) is 2. The molecule has 3 aromatic carbocycles. The lowest BCUT2D eigenvalue weighted by molar-refractivity contribution is -0.0501. The molecule has 206 valence electrons. The zero-order chi connectivity index (χ0) is 27.2. The molecule has 0 aromatic heterocycles. The van der Waals surface area contributed by atoms with E-state index in [9.17, 15) is 15.0 Å². The van der Waals surface area contributed by atoms with Crippen LogP contribution in [-0.4, -0.2) is 58.2 Å². The van der Waals surface area contributed by atoms with Gasteiger partial charge < -0.3 is 14.9 Å². The van der Waals surface area contributed by atoms with Gasteiger partial charge in [-0.3, -0.25) is 9.80 Å². The van der Waals surface area contributed by atoms with Gasteiger partial charge in [-0.25, -0.2) is 4.79 Å². The van der Waals surface area contributed by atoms with E-state index in [4.69, 9.17) is 4.74 Å². The second-order valence-corrected chi connectivity index (χ2v) is 11.1. The molecular formula is C33H40N2O4. The number of esters is 1. The molecule has 5 rings (SSSR count). The molecule has 2 heterocycles. The van der Waals surface area contributed by atoms with Crippen molar-refractivity contribution in [3.8, 4) is 5.75 Å². The van der Waals surface area contributed by atoms with Gasteiger partial charge in [-0.1, -0.05) is 61.0 Å². The van der Waals surface area contributed by atoms with E-state index in [-0.39, 0.29) is 12.0 Å². The predicted molar refractivity (Wildman–Crippen MR) is 153 cm³/mol. The Kier molecular flexibility index (Phi) is 8.78. The number of hydrogen-bond acceptors (Lipinski definition) is 6. The highest BCUT2D eigenvalue weighted by molar-refractivity contribution is 5.91. The van der Waals surface area contributed by atoms with Gasteiger partial charge in [0.25, 0.3) is 0 Å². The van der Waals surface area contributed by atoms with Crippen molar-refractivity contribution in [2.24, 2.45) is 0 Å². The van der Waals surface area contributed by atoms with Crippen LogP contribution in [0.1, 0.15) is 72.2 Å². The number of benzene rings is 3. The molecule has 6 heteroatoms. The summed E-state index contributed by atoms with van der Waals surface area (Å²) in [7, 11) is 0. The first kappa shape index (κ1) is 27.5. The summed E-state index contributed by atoms with van der Waals surface area (Å²) in [6.07, 6.45) is 4.40. The first-order chi connectivity index (χ1) is 18.9. The van der Waals surface area contributed by atoms with Gasteiger partial charge in [0.05, 0.1) is 17.3 Å². The Hall–Kier alpha value is -3.03. The molecule has 6 nitrogen and oxygen atoms in total. The van der Waals surface area contributed by atoms with E-state index < -0.39 is 11.7 Å². The molecule has 0 radical (unpaired) electrons. The third kappa shape index (κ3) is 6.76. The lowest BCUT2D eigenvalue weighted by Gasteiger charge is -2.42. The van der Waals surface area contributed by atoms with Gasteiger partial charge in [0.15, 0.2) is 0 Å². The molecule has 0 amide bonds. The Labute approximate surface area is 231 Å². The van der Waals surface area contributed by atoms with Gasteiger partial charge in [-0.15, -0.1) is 0 Å². The number of piperidine rings is 2. The zero-order valence-corrected chi connectivity index (χ0v) is 22.8. The largest absolute Gasteiger partial charge is 0.423 e. The third-order valence-electron chi connectivity index (χ3n) is 8.45. The second-order valence-electron chi connectivity index (χ2n) is 11.1. The fourth-order valence-electron chi connectivity index (χ4n) is 5.84. The van der Waals surface area contributed by atoms with Crippen LogP contribution in [0, 0.1) is 0 Å². The van der Waals surface area contributed by atoms with Gasteiger partial charge in [0, 0.05) is 25.7 Å². The lowest BCUT2D eigenvalue weighted by atomic mass is 9.83. The van der Waals surface area contributed by atoms with E-state index in [2.05, 4.69) is 9.80 Å². The van der Waals surface area contributed by atoms with Crippen LogP contribution in [0.5, 0.6) is 5.75 Å². The van der Waals surface area contributed by atoms with Gasteiger partial charge in [0.2, 0.25) is 0 Å². The Bertz CT molecular complexity index is 1200. The van der Waals surface area contributed by atoms with E-state index in [1.54, 1.807) is 12.1 Å². The molecule has 2 fully saturated rings. The van der Waals surface area contributed by atoms with Crippen molar-refractivity contribution < 1.29 is 19.7 Å². The molecule has 2 aliphatic rings. The van der Waals surface area contributed by atoms with Crippen molar-refractivity contribution in [1.82, 2.24) is 9.80 Å². The molecule has 0 aliphatic carbocycles. The number of aliphatic hydroxyl groups excluding tert-OH is 1. The van der Waals surface area contributed by atoms with E-state index in [1.165, 1.54) is 24.8 Å². The summed E-state index contributed by atoms with van der Waals surface area (Å²) >= 11 is 0. The minimum Gasteiger partial charge on any atom is -0.423 e. The normalized spacial score (nSPS) is 19.8. The van der Waals surface area contributed by atoms with Crippen molar-refractivity contribution >= 4 is 5.97 Å². The number of carbonyl (C=O) groups excluding carboxylic acids is 1. The first-order valence-electron chi connectivity index (χ1n) is 14.2. The molecule has 39 heavy (non-hydrogen) atoms. The van der Waals surface area contributed by atoms with Crippen LogP contribution >= 0.6 is 0 Å². The Morgan fingerprint density at radius 2 is 1.51 bits per heavy atom. The van der Waals surface area contributed by atoms with E-state index in [0.29, 0.717) is 37.2 Å². The van der Waals surface area contributed by atoms with Crippen molar-refractivity contribution in [2.45, 2.75) is 63.3 Å². The van der Waals surface area contributed by atoms with Gasteiger partial charge in [0.1, 0.15) is 5.75 Å². The zero-order valence-electron chi connectivity index (χ0n) is 22.8. The first-order valence-corrected chi connectivity index (χ1v) is 14.2. The van der Waals surface area contributed by atoms with Crippen LogP contribution in [0.25, 0.3) is 0 Å². The lowest BCUT2D eigenvalue weighted by Crippen LogP contribution is -2.47. The van der Waals surface area contributed by atoms with E-state index in [0.717, 1.165) is 30.8 Å². The number of aliphatic hydroxyl groups is 2. The summed E-state index contributed by atoms with van der Waals surface area (Å²) in [5.41, 5.74) is 2.64. The molecule has 2 saturated heterocycles. The van der Waals surface area contributed by atoms with Gasteiger partial charge in [-0.2, -0.15) is 0 Å². The monoisotopic (exact) mass is 528 g/mol. The highest BCUT2D eigenvalue weighted by atomic mass is 16.5. The summed E-state index contributed by atoms with van der Waals surface area (Å²) in [6, 6.07) is 24.5. The van der Waals surface area contributed by atoms with Crippen LogP contribution < -0.4 is 4.74 Å². The fraction of sp³-hybridized carbons (Fsp3) is 0.424. The van der Waals surface area contributed by atoms with Crippen molar-refractivity contribution in [2.75, 3.05) is 26.2 Å². The maximum atomic E-state index is 12.7. The molecule has 2 aliphatic heterocycles. The average Bonchev–Trinajstić information content (AvgIpc) is 2.98. The smallest absolute Gasteiger partial charge is 0.343 e. The molecule has 0 spiro atoms. The van der Waals surface area contributed by atoms with Gasteiger partial charge in [-0.05, 0) is 86.7 Å². The number of rotatable bonds is 8. The van der Waals surface area contributed by atoms with Crippen LogP contribution in [-0.2, 0) is 12.1 Å². The van der Waals surface area contributed by atoms with E-state index >= 15 is 0 Å². The van der Waals surface area contributed by atoms with Crippen molar-refractivity contribution in [3.63, 3.8) is 0 Å². The number of nitrogens with zero attached hydrogens (tertiary/aromatic N) is 2. The fourth-order valence-corrected chi connectivity index (χ4v) is 5.84. The molecule has 2 N–H and O–H groups in total. The topological polar surface area (TPSA) is 73.2 Å². The molecule has 0 saturated carbocycles. The predicted octanol–water partition coefficient (Wildman–Crippen LogP) is 5.30. The highest BCUT2D eigenvalue weighted by Crippen LogP contribution is 2.35. The van der Waals surface area contributed by atoms with E-state index in [1.807, 2.05) is 73.7 Å². The quantitative estimate of drug-likeness (QED) is 0.306. The Balaban J connectivity index is 1.13. The molecule has 2 atom stereocenters. The Morgan fingerprint density at radius 1 is 0.872 bits per heavy atom. The number of carbonyl (C=O) groups is 1. The second kappa shape index (κ2) is 12.4. The third-order valence-corrected chi connectivity index (χ3v) is 8.45. The summed E-state index contributed by atoms with van der Waals surface area (Å²) < 4.78 is 5.60. The van der Waals surface area contributed by atoms with Crippen LogP contribution in [0.15, 0.2) is 78.9 Å². The SMILES string of the molecule is C[C@@H]([C@@H](O)c1ccc(OC(=O)c2ccc(CN3CCCCC3)cc2)cc1)N1CCC(O)(c2ccccc2)CC1. The highest BCUT2D eigenvalue weighted by Gasteiger charge is 2.36. The van der Waals surface area contributed by atoms with Crippen molar-refractivity contribution in [3.05, 3.63) is 101 Å². The maximum Gasteiger partial charge on any atom is 0.343 e. The van der Waals surface area contributed by atoms with Crippen LogP contribution in [0.3, 0.4) is 0 Å². The minimum absolute atomic E-state index is 0.109. The summed E-state index contributed by atoms with van der Waals surface area (Å²) in [4.78, 5) is 17.4. The maximum absolute atomic E-state index is 12.7. The minimum atomic E-state index is -0.818. The summed E-state index contributed by atoms with van der Waals surface area (Å²) in [5, 5.41) is 22.2. The van der Waals surface area contributed by atoms with Crippen LogP contribution in [0.2, 0.25) is 0 Å². The molecular weight excluding hydrogens is 488 g/mol.